The maximum atomic E-state index is 13.0. The summed E-state index contributed by atoms with van der Waals surface area (Å²) < 4.78 is 5.67. The van der Waals surface area contributed by atoms with Crippen molar-refractivity contribution in [1.29, 1.82) is 0 Å². The molecule has 1 N–H and O–H groups in total. The second-order valence-corrected chi connectivity index (χ2v) is 7.51. The van der Waals surface area contributed by atoms with Gasteiger partial charge in [0.15, 0.2) is 6.61 Å². The highest BCUT2D eigenvalue weighted by molar-refractivity contribution is 6.31. The van der Waals surface area contributed by atoms with Crippen molar-refractivity contribution >= 4 is 35.0 Å². The number of ether oxygens (including phenoxy) is 1. The predicted molar refractivity (Wildman–Crippen MR) is 116 cm³/mol. The van der Waals surface area contributed by atoms with E-state index in [4.69, 9.17) is 27.9 Å². The van der Waals surface area contributed by atoms with Crippen LogP contribution in [-0.2, 0) is 16.1 Å². The summed E-state index contributed by atoms with van der Waals surface area (Å²) in [6.07, 6.45) is 0.491. The fourth-order valence-electron chi connectivity index (χ4n) is 2.93. The van der Waals surface area contributed by atoms with E-state index in [1.165, 1.54) is 0 Å². The molecule has 2 rings (SSSR count). The first kappa shape index (κ1) is 23.0. The summed E-state index contributed by atoms with van der Waals surface area (Å²) >= 11 is 12.0. The van der Waals surface area contributed by atoms with Crippen molar-refractivity contribution in [3.63, 3.8) is 0 Å². The quantitative estimate of drug-likeness (QED) is 0.623. The number of likely N-dealkylation sites (N-methyl/N-ethyl adjacent to an activating group) is 1. The van der Waals surface area contributed by atoms with E-state index < -0.39 is 6.04 Å². The molecule has 1 unspecified atom stereocenters. The van der Waals surface area contributed by atoms with Crippen LogP contribution in [0.1, 0.15) is 31.4 Å². The number of carbonyl (C=O) groups is 2. The normalized spacial score (nSPS) is 11.6. The molecule has 7 heteroatoms. The van der Waals surface area contributed by atoms with Crippen LogP contribution in [0, 0.1) is 6.92 Å². The molecule has 2 amide bonds. The third kappa shape index (κ3) is 6.65. The fourth-order valence-corrected chi connectivity index (χ4v) is 3.18. The van der Waals surface area contributed by atoms with Crippen LogP contribution in [0.25, 0.3) is 0 Å². The molecule has 0 aliphatic heterocycles. The molecule has 0 spiro atoms. The molecule has 0 saturated carbocycles. The van der Waals surface area contributed by atoms with E-state index >= 15 is 0 Å². The molecule has 29 heavy (non-hydrogen) atoms. The minimum Gasteiger partial charge on any atom is -0.484 e. The summed E-state index contributed by atoms with van der Waals surface area (Å²) in [6.45, 7) is 6.21. The monoisotopic (exact) mass is 436 g/mol. The number of amides is 2. The molecule has 5 nitrogen and oxygen atoms in total. The van der Waals surface area contributed by atoms with E-state index in [1.807, 2.05) is 32.9 Å². The number of aryl methyl sites for hydroxylation is 1. The van der Waals surface area contributed by atoms with Gasteiger partial charge in [-0.2, -0.15) is 0 Å². The van der Waals surface area contributed by atoms with Gasteiger partial charge in [0, 0.05) is 23.1 Å². The third-order valence-electron chi connectivity index (χ3n) is 4.49. The average Bonchev–Trinajstić information content (AvgIpc) is 2.70. The van der Waals surface area contributed by atoms with Gasteiger partial charge < -0.3 is 15.0 Å². The van der Waals surface area contributed by atoms with Crippen LogP contribution < -0.4 is 10.1 Å². The number of benzene rings is 2. The minimum absolute atomic E-state index is 0.176. The Balaban J connectivity index is 2.19. The van der Waals surface area contributed by atoms with Crippen LogP contribution in [0.4, 0.5) is 0 Å². The Morgan fingerprint density at radius 3 is 2.38 bits per heavy atom. The number of hydrogen-bond acceptors (Lipinski definition) is 3. The standard InChI is InChI=1S/C22H26Cl2N2O3/c1-4-20(22(28)25-5-2)26(13-16-6-8-17(23)9-7-16)21(27)14-29-18-10-11-19(24)15(3)12-18/h6-12,20H,4-5,13-14H2,1-3H3,(H,25,28). The van der Waals surface area contributed by atoms with Gasteiger partial charge in [-0.25, -0.2) is 0 Å². The molecule has 0 heterocycles. The zero-order valence-corrected chi connectivity index (χ0v) is 18.4. The summed E-state index contributed by atoms with van der Waals surface area (Å²) in [5.74, 6) is 0.100. The second-order valence-electron chi connectivity index (χ2n) is 6.67. The number of rotatable bonds is 9. The SMILES string of the molecule is CCNC(=O)C(CC)N(Cc1ccc(Cl)cc1)C(=O)COc1ccc(Cl)c(C)c1. The summed E-state index contributed by atoms with van der Waals surface area (Å²) in [7, 11) is 0. The number of halogens is 2. The van der Waals surface area contributed by atoms with E-state index in [0.717, 1.165) is 11.1 Å². The molecule has 0 aromatic heterocycles. The van der Waals surface area contributed by atoms with Crippen molar-refractivity contribution in [3.05, 3.63) is 63.6 Å². The zero-order valence-electron chi connectivity index (χ0n) is 16.9. The van der Waals surface area contributed by atoms with E-state index in [1.54, 1.807) is 35.2 Å². The van der Waals surface area contributed by atoms with Gasteiger partial charge in [-0.05, 0) is 61.7 Å². The smallest absolute Gasteiger partial charge is 0.261 e. The van der Waals surface area contributed by atoms with Gasteiger partial charge in [0.25, 0.3) is 5.91 Å². The Morgan fingerprint density at radius 2 is 1.79 bits per heavy atom. The molecule has 1 atom stereocenters. The van der Waals surface area contributed by atoms with Crippen LogP contribution in [0.3, 0.4) is 0 Å². The number of nitrogens with zero attached hydrogens (tertiary/aromatic N) is 1. The lowest BCUT2D eigenvalue weighted by atomic mass is 10.1. The Hall–Kier alpha value is -2.24. The number of hydrogen-bond donors (Lipinski definition) is 1. The van der Waals surface area contributed by atoms with Crippen LogP contribution in [0.5, 0.6) is 5.75 Å². The lowest BCUT2D eigenvalue weighted by Crippen LogP contribution is -2.50. The first-order chi connectivity index (χ1) is 13.8. The van der Waals surface area contributed by atoms with E-state index in [0.29, 0.717) is 28.8 Å². The maximum Gasteiger partial charge on any atom is 0.261 e. The van der Waals surface area contributed by atoms with Crippen molar-refractivity contribution in [2.45, 2.75) is 39.8 Å². The largest absolute Gasteiger partial charge is 0.484 e. The molecule has 0 aliphatic carbocycles. The van der Waals surface area contributed by atoms with Gasteiger partial charge in [0.05, 0.1) is 0 Å². The molecular weight excluding hydrogens is 411 g/mol. The van der Waals surface area contributed by atoms with Crippen LogP contribution in [0.15, 0.2) is 42.5 Å². The molecule has 2 aromatic rings. The van der Waals surface area contributed by atoms with Gasteiger partial charge in [0.1, 0.15) is 11.8 Å². The lowest BCUT2D eigenvalue weighted by molar-refractivity contribution is -0.142. The van der Waals surface area contributed by atoms with Crippen molar-refractivity contribution < 1.29 is 14.3 Å². The molecule has 0 bridgehead atoms. The first-order valence-electron chi connectivity index (χ1n) is 9.56. The number of carbonyl (C=O) groups excluding carboxylic acids is 2. The van der Waals surface area contributed by atoms with Crippen molar-refractivity contribution in [2.24, 2.45) is 0 Å². The average molecular weight is 437 g/mol. The first-order valence-corrected chi connectivity index (χ1v) is 10.3. The zero-order chi connectivity index (χ0) is 21.4. The molecule has 0 aliphatic rings. The second kappa shape index (κ2) is 11.1. The molecule has 0 radical (unpaired) electrons. The molecular formula is C22H26Cl2N2O3. The molecule has 156 valence electrons. The van der Waals surface area contributed by atoms with E-state index in [-0.39, 0.29) is 25.0 Å². The fraction of sp³-hybridized carbons (Fsp3) is 0.364. The summed E-state index contributed by atoms with van der Waals surface area (Å²) in [5, 5.41) is 4.05. The van der Waals surface area contributed by atoms with Crippen molar-refractivity contribution in [1.82, 2.24) is 10.2 Å². The molecule has 0 saturated heterocycles. The van der Waals surface area contributed by atoms with E-state index in [9.17, 15) is 9.59 Å². The topological polar surface area (TPSA) is 58.6 Å². The lowest BCUT2D eigenvalue weighted by Gasteiger charge is -2.30. The molecule has 0 fully saturated rings. The van der Waals surface area contributed by atoms with Gasteiger partial charge in [-0.15, -0.1) is 0 Å². The minimum atomic E-state index is -0.589. The number of nitrogens with one attached hydrogen (secondary N) is 1. The molecule has 2 aromatic carbocycles. The van der Waals surface area contributed by atoms with Crippen LogP contribution in [0.2, 0.25) is 10.0 Å². The van der Waals surface area contributed by atoms with Gasteiger partial charge in [0.2, 0.25) is 5.91 Å². The van der Waals surface area contributed by atoms with Crippen molar-refractivity contribution in [3.8, 4) is 5.75 Å². The highest BCUT2D eigenvalue weighted by Gasteiger charge is 2.28. The van der Waals surface area contributed by atoms with Gasteiger partial charge in [-0.3, -0.25) is 9.59 Å². The Kier molecular flexibility index (Phi) is 8.80. The van der Waals surface area contributed by atoms with Crippen LogP contribution in [-0.4, -0.2) is 35.9 Å². The Morgan fingerprint density at radius 1 is 1.10 bits per heavy atom. The highest BCUT2D eigenvalue weighted by atomic mass is 35.5. The summed E-state index contributed by atoms with van der Waals surface area (Å²) in [4.78, 5) is 27.1. The Bertz CT molecular complexity index is 840. The Labute approximate surface area is 181 Å². The highest BCUT2D eigenvalue weighted by Crippen LogP contribution is 2.21. The van der Waals surface area contributed by atoms with Crippen molar-refractivity contribution in [2.75, 3.05) is 13.2 Å². The summed E-state index contributed by atoms with van der Waals surface area (Å²) in [5.41, 5.74) is 1.75. The van der Waals surface area contributed by atoms with Gasteiger partial charge >= 0.3 is 0 Å². The van der Waals surface area contributed by atoms with Gasteiger partial charge in [-0.1, -0.05) is 42.3 Å². The summed E-state index contributed by atoms with van der Waals surface area (Å²) in [6, 6.07) is 11.8. The van der Waals surface area contributed by atoms with Crippen LogP contribution >= 0.6 is 23.2 Å². The third-order valence-corrected chi connectivity index (χ3v) is 5.17. The van der Waals surface area contributed by atoms with E-state index in [2.05, 4.69) is 5.32 Å². The maximum absolute atomic E-state index is 13.0. The predicted octanol–water partition coefficient (Wildman–Crippen LogP) is 4.62.